The van der Waals surface area contributed by atoms with Crippen molar-refractivity contribution >= 4 is 11.6 Å². The summed E-state index contributed by atoms with van der Waals surface area (Å²) >= 11 is 0. The highest BCUT2D eigenvalue weighted by Crippen LogP contribution is 2.28. The van der Waals surface area contributed by atoms with Gasteiger partial charge in [0.15, 0.2) is 0 Å². The van der Waals surface area contributed by atoms with Gasteiger partial charge in [0.25, 0.3) is 5.56 Å². The van der Waals surface area contributed by atoms with E-state index in [4.69, 9.17) is 4.98 Å². The smallest absolute Gasteiger partial charge is 0.259 e. The monoisotopic (exact) mass is 368 g/mol. The molecule has 0 saturated heterocycles. The number of hydrogen-bond acceptors (Lipinski definition) is 4. The van der Waals surface area contributed by atoms with Crippen LogP contribution in [0.5, 0.6) is 0 Å². The molecule has 146 valence electrons. The lowest BCUT2D eigenvalue weighted by Crippen LogP contribution is -2.48. The van der Waals surface area contributed by atoms with Crippen LogP contribution in [0.1, 0.15) is 50.9 Å². The van der Waals surface area contributed by atoms with Gasteiger partial charge in [0, 0.05) is 23.5 Å². The molecular formula is C22H32N4O. The van der Waals surface area contributed by atoms with Gasteiger partial charge in [-0.25, -0.2) is 4.98 Å². The normalized spacial score (nSPS) is 14.7. The number of anilines is 2. The highest BCUT2D eigenvalue weighted by atomic mass is 16.1. The van der Waals surface area contributed by atoms with E-state index in [1.807, 2.05) is 18.4 Å². The summed E-state index contributed by atoms with van der Waals surface area (Å²) in [6, 6.07) is 8.62. The molecule has 0 N–H and O–H groups in total. The molecule has 1 aromatic heterocycles. The van der Waals surface area contributed by atoms with E-state index in [9.17, 15) is 4.79 Å². The minimum Gasteiger partial charge on any atom is -0.298 e. The van der Waals surface area contributed by atoms with Crippen LogP contribution in [0.3, 0.4) is 0 Å². The van der Waals surface area contributed by atoms with Crippen LogP contribution in [-0.2, 0) is 19.5 Å². The molecule has 27 heavy (non-hydrogen) atoms. The van der Waals surface area contributed by atoms with Crippen LogP contribution >= 0.6 is 0 Å². The molecule has 0 spiro atoms. The van der Waals surface area contributed by atoms with Gasteiger partial charge in [0.1, 0.15) is 0 Å². The lowest BCUT2D eigenvalue weighted by molar-refractivity contribution is 0.188. The van der Waals surface area contributed by atoms with Crippen LogP contribution < -0.4 is 10.5 Å². The maximum Gasteiger partial charge on any atom is 0.259 e. The summed E-state index contributed by atoms with van der Waals surface area (Å²) in [6.07, 6.45) is 2.86. The summed E-state index contributed by atoms with van der Waals surface area (Å²) in [5, 5.41) is 0. The van der Waals surface area contributed by atoms with Crippen molar-refractivity contribution in [1.82, 2.24) is 14.5 Å². The van der Waals surface area contributed by atoms with Crippen molar-refractivity contribution in [3.05, 3.63) is 51.4 Å². The number of aromatic nitrogens is 2. The summed E-state index contributed by atoms with van der Waals surface area (Å²) in [6.45, 7) is 13.0. The van der Waals surface area contributed by atoms with Crippen LogP contribution in [0.25, 0.3) is 0 Å². The van der Waals surface area contributed by atoms with Crippen LogP contribution in [0.4, 0.5) is 11.6 Å². The van der Waals surface area contributed by atoms with Crippen molar-refractivity contribution in [3.63, 3.8) is 0 Å². The molecule has 0 fully saturated rings. The van der Waals surface area contributed by atoms with E-state index in [0.717, 1.165) is 55.4 Å². The molecule has 3 rings (SSSR count). The van der Waals surface area contributed by atoms with E-state index in [1.165, 1.54) is 5.56 Å². The minimum absolute atomic E-state index is 0.101. The third-order valence-corrected chi connectivity index (χ3v) is 5.41. The van der Waals surface area contributed by atoms with E-state index >= 15 is 0 Å². The maximum atomic E-state index is 13.1. The quantitative estimate of drug-likeness (QED) is 0.770. The fourth-order valence-electron chi connectivity index (χ4n) is 3.63. The Morgan fingerprint density at radius 2 is 1.78 bits per heavy atom. The number of benzene rings is 1. The number of rotatable bonds is 6. The van der Waals surface area contributed by atoms with E-state index in [0.29, 0.717) is 12.6 Å². The first-order valence-corrected chi connectivity index (χ1v) is 10.1. The maximum absolute atomic E-state index is 13.1. The van der Waals surface area contributed by atoms with Crippen LogP contribution in [0.15, 0.2) is 29.1 Å². The Labute approximate surface area is 162 Å². The molecule has 5 nitrogen and oxygen atoms in total. The topological polar surface area (TPSA) is 41.4 Å². The van der Waals surface area contributed by atoms with Crippen LogP contribution in [0.2, 0.25) is 0 Å². The lowest BCUT2D eigenvalue weighted by Gasteiger charge is -2.38. The second-order valence-corrected chi connectivity index (χ2v) is 7.87. The molecule has 2 heterocycles. The first-order valence-electron chi connectivity index (χ1n) is 10.1. The zero-order valence-electron chi connectivity index (χ0n) is 17.3. The second kappa shape index (κ2) is 8.26. The third kappa shape index (κ3) is 4.08. The lowest BCUT2D eigenvalue weighted by atomic mass is 10.1. The summed E-state index contributed by atoms with van der Waals surface area (Å²) in [7, 11) is 0. The van der Waals surface area contributed by atoms with E-state index in [1.54, 1.807) is 0 Å². The molecule has 0 atom stereocenters. The van der Waals surface area contributed by atoms with Gasteiger partial charge >= 0.3 is 0 Å². The first kappa shape index (κ1) is 19.6. The van der Waals surface area contributed by atoms with Crippen molar-refractivity contribution in [2.24, 2.45) is 5.92 Å². The Hall–Kier alpha value is -2.14. The summed E-state index contributed by atoms with van der Waals surface area (Å²) in [5.74, 6) is 1.41. The fourth-order valence-corrected chi connectivity index (χ4v) is 3.63. The SMILES string of the molecule is CCc1ccc(N2CN(CCC(C)C)Cn3c2nc(C)c(CC)c3=O)cc1. The highest BCUT2D eigenvalue weighted by Gasteiger charge is 2.27. The Bertz CT molecular complexity index is 839. The Morgan fingerprint density at radius 3 is 2.37 bits per heavy atom. The van der Waals surface area contributed by atoms with Gasteiger partial charge in [0.05, 0.1) is 13.3 Å². The molecule has 0 unspecified atom stereocenters. The van der Waals surface area contributed by atoms with Crippen molar-refractivity contribution < 1.29 is 0 Å². The van der Waals surface area contributed by atoms with Crippen molar-refractivity contribution in [2.75, 3.05) is 18.1 Å². The van der Waals surface area contributed by atoms with E-state index < -0.39 is 0 Å². The summed E-state index contributed by atoms with van der Waals surface area (Å²) in [5.41, 5.74) is 4.18. The molecule has 2 aromatic rings. The molecule has 1 aliphatic heterocycles. The summed E-state index contributed by atoms with van der Waals surface area (Å²) in [4.78, 5) is 22.5. The van der Waals surface area contributed by atoms with Gasteiger partial charge in [0.2, 0.25) is 5.95 Å². The minimum atomic E-state index is 0.101. The van der Waals surface area contributed by atoms with Crippen molar-refractivity contribution in [2.45, 2.75) is 60.5 Å². The molecular weight excluding hydrogens is 336 g/mol. The molecule has 1 aliphatic rings. The number of hydrogen-bond donors (Lipinski definition) is 0. The average molecular weight is 369 g/mol. The Morgan fingerprint density at radius 1 is 1.07 bits per heavy atom. The third-order valence-electron chi connectivity index (χ3n) is 5.41. The molecule has 1 aromatic carbocycles. The van der Waals surface area contributed by atoms with E-state index in [2.05, 4.69) is 54.8 Å². The average Bonchev–Trinajstić information content (AvgIpc) is 2.66. The van der Waals surface area contributed by atoms with E-state index in [-0.39, 0.29) is 5.56 Å². The predicted molar refractivity (Wildman–Crippen MR) is 112 cm³/mol. The predicted octanol–water partition coefficient (Wildman–Crippen LogP) is 4.09. The first-order chi connectivity index (χ1) is 12.9. The largest absolute Gasteiger partial charge is 0.298 e. The number of aryl methyl sites for hydroxylation is 2. The molecule has 5 heteroatoms. The molecule has 0 aliphatic carbocycles. The van der Waals surface area contributed by atoms with Gasteiger partial charge in [-0.3, -0.25) is 19.2 Å². The Kier molecular flexibility index (Phi) is 6.00. The van der Waals surface area contributed by atoms with Crippen molar-refractivity contribution in [1.29, 1.82) is 0 Å². The standard InChI is InChI=1S/C22H32N4O/c1-6-18-8-10-19(11-9-18)25-14-24(13-12-16(3)4)15-26-21(27)20(7-2)17(5)23-22(25)26/h8-11,16H,6-7,12-15H2,1-5H3. The Balaban J connectivity index is 2.05. The van der Waals surface area contributed by atoms with Gasteiger partial charge in [-0.2, -0.15) is 0 Å². The van der Waals surface area contributed by atoms with Crippen LogP contribution in [0, 0.1) is 12.8 Å². The van der Waals surface area contributed by atoms with Gasteiger partial charge in [-0.15, -0.1) is 0 Å². The molecule has 0 bridgehead atoms. The zero-order valence-corrected chi connectivity index (χ0v) is 17.3. The molecule has 0 saturated carbocycles. The highest BCUT2D eigenvalue weighted by molar-refractivity contribution is 5.59. The number of fused-ring (bicyclic) bond motifs is 1. The van der Waals surface area contributed by atoms with Gasteiger partial charge in [-0.1, -0.05) is 39.8 Å². The van der Waals surface area contributed by atoms with Gasteiger partial charge < -0.3 is 0 Å². The van der Waals surface area contributed by atoms with Crippen LogP contribution in [-0.4, -0.2) is 27.7 Å². The molecule has 0 amide bonds. The number of nitrogens with zero attached hydrogens (tertiary/aromatic N) is 4. The fraction of sp³-hybridized carbons (Fsp3) is 0.545. The molecule has 0 radical (unpaired) electrons. The van der Waals surface area contributed by atoms with Gasteiger partial charge in [-0.05, 0) is 49.8 Å². The second-order valence-electron chi connectivity index (χ2n) is 7.87. The summed E-state index contributed by atoms with van der Waals surface area (Å²) < 4.78 is 1.85. The zero-order chi connectivity index (χ0) is 19.6. The van der Waals surface area contributed by atoms with Crippen molar-refractivity contribution in [3.8, 4) is 0 Å².